The van der Waals surface area contributed by atoms with Crippen LogP contribution in [0.15, 0.2) is 35.7 Å². The van der Waals surface area contributed by atoms with Gasteiger partial charge in [0, 0.05) is 11.8 Å². The maximum atomic E-state index is 5.62. The third-order valence-corrected chi connectivity index (χ3v) is 4.44. The number of rotatable bonds is 7. The van der Waals surface area contributed by atoms with Gasteiger partial charge >= 0.3 is 0 Å². The highest BCUT2D eigenvalue weighted by molar-refractivity contribution is 7.09. The fourth-order valence-electron chi connectivity index (χ4n) is 2.44. The van der Waals surface area contributed by atoms with Gasteiger partial charge in [-0.3, -0.25) is 4.90 Å². The van der Waals surface area contributed by atoms with E-state index in [0.717, 1.165) is 25.2 Å². The summed E-state index contributed by atoms with van der Waals surface area (Å²) in [7, 11) is 0. The van der Waals surface area contributed by atoms with Crippen LogP contribution in [0.2, 0.25) is 0 Å². The van der Waals surface area contributed by atoms with Crippen LogP contribution in [-0.2, 0) is 6.42 Å². The van der Waals surface area contributed by atoms with Gasteiger partial charge < -0.3 is 5.73 Å². The fourth-order valence-corrected chi connectivity index (χ4v) is 3.46. The molecule has 2 rings (SSSR count). The zero-order chi connectivity index (χ0) is 14.4. The second kappa shape index (κ2) is 7.53. The Morgan fingerprint density at radius 1 is 1.20 bits per heavy atom. The van der Waals surface area contributed by atoms with Crippen molar-refractivity contribution in [2.75, 3.05) is 19.6 Å². The molecule has 20 heavy (non-hydrogen) atoms. The molecule has 1 unspecified atom stereocenters. The normalized spacial score (nSPS) is 12.8. The Labute approximate surface area is 125 Å². The van der Waals surface area contributed by atoms with Crippen LogP contribution in [0.25, 0.3) is 0 Å². The van der Waals surface area contributed by atoms with E-state index in [-0.39, 0.29) is 6.04 Å². The molecule has 1 atom stereocenters. The second-order valence-corrected chi connectivity index (χ2v) is 5.64. The maximum Gasteiger partial charge on any atom is 0.115 e. The van der Waals surface area contributed by atoms with Crippen molar-refractivity contribution in [3.63, 3.8) is 0 Å². The standard InChI is InChI=1S/C16H23N3S/c1-3-19(4-2)15(13-8-6-5-7-9-13)16-18-14(10-11-17)12-20-16/h5-9,12,15H,3-4,10-11,17H2,1-2H3. The molecule has 0 spiro atoms. The fraction of sp³-hybridized carbons (Fsp3) is 0.438. The first kappa shape index (κ1) is 15.2. The molecule has 3 nitrogen and oxygen atoms in total. The highest BCUT2D eigenvalue weighted by Crippen LogP contribution is 2.30. The zero-order valence-electron chi connectivity index (χ0n) is 12.2. The van der Waals surface area contributed by atoms with Gasteiger partial charge in [0.05, 0.1) is 11.7 Å². The molecule has 0 fully saturated rings. The highest BCUT2D eigenvalue weighted by atomic mass is 32.1. The predicted octanol–water partition coefficient (Wildman–Crippen LogP) is 3.08. The quantitative estimate of drug-likeness (QED) is 0.851. The number of hydrogen-bond acceptors (Lipinski definition) is 4. The van der Waals surface area contributed by atoms with Gasteiger partial charge in [0.25, 0.3) is 0 Å². The summed E-state index contributed by atoms with van der Waals surface area (Å²) in [5.41, 5.74) is 8.05. The van der Waals surface area contributed by atoms with Gasteiger partial charge in [0.15, 0.2) is 0 Å². The predicted molar refractivity (Wildman–Crippen MR) is 86.1 cm³/mol. The first-order valence-electron chi connectivity index (χ1n) is 7.23. The Balaban J connectivity index is 2.35. The van der Waals surface area contributed by atoms with E-state index in [0.29, 0.717) is 6.54 Å². The highest BCUT2D eigenvalue weighted by Gasteiger charge is 2.22. The van der Waals surface area contributed by atoms with E-state index in [4.69, 9.17) is 10.7 Å². The van der Waals surface area contributed by atoms with Crippen LogP contribution in [0.3, 0.4) is 0 Å². The Morgan fingerprint density at radius 3 is 2.50 bits per heavy atom. The van der Waals surface area contributed by atoms with E-state index >= 15 is 0 Å². The topological polar surface area (TPSA) is 42.2 Å². The molecule has 0 aliphatic rings. The van der Waals surface area contributed by atoms with E-state index in [2.05, 4.69) is 54.5 Å². The first-order chi connectivity index (χ1) is 9.80. The van der Waals surface area contributed by atoms with E-state index in [1.807, 2.05) is 0 Å². The minimum atomic E-state index is 0.253. The van der Waals surface area contributed by atoms with E-state index in [1.165, 1.54) is 10.6 Å². The lowest BCUT2D eigenvalue weighted by Crippen LogP contribution is -2.29. The lowest BCUT2D eigenvalue weighted by Gasteiger charge is -2.28. The van der Waals surface area contributed by atoms with E-state index < -0.39 is 0 Å². The van der Waals surface area contributed by atoms with Crippen molar-refractivity contribution < 1.29 is 0 Å². The van der Waals surface area contributed by atoms with Crippen LogP contribution in [0.1, 0.15) is 36.2 Å². The SMILES string of the molecule is CCN(CC)C(c1ccccc1)c1nc(CCN)cs1. The summed E-state index contributed by atoms with van der Waals surface area (Å²) in [6.45, 7) is 7.09. The second-order valence-electron chi connectivity index (χ2n) is 4.75. The smallest absolute Gasteiger partial charge is 0.115 e. The molecule has 108 valence electrons. The summed E-state index contributed by atoms with van der Waals surface area (Å²) < 4.78 is 0. The molecule has 2 N–H and O–H groups in total. The van der Waals surface area contributed by atoms with Crippen molar-refractivity contribution in [2.24, 2.45) is 5.73 Å². The van der Waals surface area contributed by atoms with Crippen LogP contribution in [0.4, 0.5) is 0 Å². The van der Waals surface area contributed by atoms with Crippen molar-refractivity contribution in [3.8, 4) is 0 Å². The van der Waals surface area contributed by atoms with Crippen molar-refractivity contribution in [3.05, 3.63) is 52.0 Å². The molecule has 0 saturated carbocycles. The summed E-state index contributed by atoms with van der Waals surface area (Å²) in [4.78, 5) is 7.24. The summed E-state index contributed by atoms with van der Waals surface area (Å²) >= 11 is 1.74. The lowest BCUT2D eigenvalue weighted by atomic mass is 10.1. The minimum absolute atomic E-state index is 0.253. The van der Waals surface area contributed by atoms with Crippen LogP contribution in [0, 0.1) is 0 Å². The number of aromatic nitrogens is 1. The molecule has 0 aliphatic carbocycles. The Kier molecular flexibility index (Phi) is 5.71. The molecule has 0 radical (unpaired) electrons. The summed E-state index contributed by atoms with van der Waals surface area (Å²) in [6, 6.07) is 10.9. The number of hydrogen-bond donors (Lipinski definition) is 1. The Hall–Kier alpha value is -1.23. The molecule has 2 aromatic rings. The van der Waals surface area contributed by atoms with Gasteiger partial charge in [0.2, 0.25) is 0 Å². The molecule has 1 aromatic carbocycles. The molecule has 1 aromatic heterocycles. The average Bonchev–Trinajstić information content (AvgIpc) is 2.94. The third-order valence-electron chi connectivity index (χ3n) is 3.50. The molecule has 4 heteroatoms. The number of thiazole rings is 1. The number of nitrogens with two attached hydrogens (primary N) is 1. The van der Waals surface area contributed by atoms with Gasteiger partial charge in [-0.15, -0.1) is 11.3 Å². The van der Waals surface area contributed by atoms with Gasteiger partial charge in [-0.1, -0.05) is 44.2 Å². The average molecular weight is 289 g/mol. The van der Waals surface area contributed by atoms with Crippen LogP contribution in [-0.4, -0.2) is 29.5 Å². The number of nitrogens with zero attached hydrogens (tertiary/aromatic N) is 2. The first-order valence-corrected chi connectivity index (χ1v) is 8.11. The van der Waals surface area contributed by atoms with Gasteiger partial charge in [-0.05, 0) is 25.2 Å². The minimum Gasteiger partial charge on any atom is -0.330 e. The number of benzene rings is 1. The third kappa shape index (κ3) is 3.45. The monoisotopic (exact) mass is 289 g/mol. The van der Waals surface area contributed by atoms with Crippen molar-refractivity contribution in [1.82, 2.24) is 9.88 Å². The van der Waals surface area contributed by atoms with Gasteiger partial charge in [-0.25, -0.2) is 4.98 Å². The zero-order valence-corrected chi connectivity index (χ0v) is 13.1. The molecule has 1 heterocycles. The van der Waals surface area contributed by atoms with Crippen LogP contribution >= 0.6 is 11.3 Å². The van der Waals surface area contributed by atoms with Crippen molar-refractivity contribution >= 4 is 11.3 Å². The summed E-state index contributed by atoms with van der Waals surface area (Å²) in [5, 5.41) is 3.31. The van der Waals surface area contributed by atoms with Crippen LogP contribution < -0.4 is 5.73 Å². The van der Waals surface area contributed by atoms with Crippen molar-refractivity contribution in [1.29, 1.82) is 0 Å². The van der Waals surface area contributed by atoms with Gasteiger partial charge in [0.1, 0.15) is 5.01 Å². The molecular weight excluding hydrogens is 266 g/mol. The molecule has 0 amide bonds. The molecule has 0 saturated heterocycles. The summed E-state index contributed by atoms with van der Waals surface area (Å²) in [5.74, 6) is 0. The Morgan fingerprint density at radius 2 is 1.90 bits per heavy atom. The lowest BCUT2D eigenvalue weighted by molar-refractivity contribution is 0.250. The summed E-state index contributed by atoms with van der Waals surface area (Å²) in [6.07, 6.45) is 0.857. The van der Waals surface area contributed by atoms with E-state index in [1.54, 1.807) is 11.3 Å². The van der Waals surface area contributed by atoms with Crippen LogP contribution in [0.5, 0.6) is 0 Å². The molecule has 0 aliphatic heterocycles. The largest absolute Gasteiger partial charge is 0.330 e. The maximum absolute atomic E-state index is 5.62. The van der Waals surface area contributed by atoms with E-state index in [9.17, 15) is 0 Å². The Bertz CT molecular complexity index is 505. The van der Waals surface area contributed by atoms with Gasteiger partial charge in [-0.2, -0.15) is 0 Å². The molecule has 0 bridgehead atoms. The molecular formula is C16H23N3S. The van der Waals surface area contributed by atoms with Crippen molar-refractivity contribution in [2.45, 2.75) is 26.3 Å².